The van der Waals surface area contributed by atoms with Crippen LogP contribution in [0.3, 0.4) is 0 Å². The van der Waals surface area contributed by atoms with Gasteiger partial charge in [0.25, 0.3) is 0 Å². The molecule has 0 saturated heterocycles. The summed E-state index contributed by atoms with van der Waals surface area (Å²) in [7, 11) is 0. The molecule has 2 aliphatic rings. The van der Waals surface area contributed by atoms with E-state index in [1.165, 1.54) is 11.1 Å². The number of carbonyl (C=O) groups excluding carboxylic acids is 1. The van der Waals surface area contributed by atoms with Gasteiger partial charge in [0, 0.05) is 17.6 Å². The van der Waals surface area contributed by atoms with Crippen LogP contribution in [-0.2, 0) is 17.8 Å². The highest BCUT2D eigenvalue weighted by Crippen LogP contribution is 2.31. The second-order valence-corrected chi connectivity index (χ2v) is 6.35. The molecule has 19 heavy (non-hydrogen) atoms. The SMILES string of the molecule is O=C(C1CCCC1O)N1CCc2c(Br)cccc2C1. The third kappa shape index (κ3) is 2.43. The topological polar surface area (TPSA) is 40.5 Å². The number of rotatable bonds is 1. The summed E-state index contributed by atoms with van der Waals surface area (Å²) in [5.41, 5.74) is 2.54. The van der Waals surface area contributed by atoms with Crippen molar-refractivity contribution in [3.63, 3.8) is 0 Å². The number of halogens is 1. The average molecular weight is 324 g/mol. The molecule has 0 radical (unpaired) electrons. The smallest absolute Gasteiger partial charge is 0.228 e. The second kappa shape index (κ2) is 5.25. The first kappa shape index (κ1) is 13.1. The Hall–Kier alpha value is -0.870. The van der Waals surface area contributed by atoms with Gasteiger partial charge in [0.2, 0.25) is 5.91 Å². The fraction of sp³-hybridized carbons (Fsp3) is 0.533. The van der Waals surface area contributed by atoms with E-state index in [1.807, 2.05) is 11.0 Å². The van der Waals surface area contributed by atoms with Gasteiger partial charge >= 0.3 is 0 Å². The number of amides is 1. The maximum atomic E-state index is 12.5. The van der Waals surface area contributed by atoms with E-state index in [-0.39, 0.29) is 11.8 Å². The number of aliphatic hydroxyl groups is 1. The number of carbonyl (C=O) groups is 1. The molecule has 3 rings (SSSR count). The van der Waals surface area contributed by atoms with E-state index in [0.29, 0.717) is 6.54 Å². The normalized spacial score (nSPS) is 26.3. The van der Waals surface area contributed by atoms with E-state index in [2.05, 4.69) is 28.1 Å². The van der Waals surface area contributed by atoms with Gasteiger partial charge in [-0.1, -0.05) is 28.1 Å². The first-order valence-corrected chi connectivity index (χ1v) is 7.69. The molecule has 1 heterocycles. The molecule has 1 amide bonds. The van der Waals surface area contributed by atoms with Crippen LogP contribution in [0.4, 0.5) is 0 Å². The van der Waals surface area contributed by atoms with Crippen LogP contribution < -0.4 is 0 Å². The van der Waals surface area contributed by atoms with E-state index in [9.17, 15) is 9.90 Å². The molecule has 1 aromatic carbocycles. The lowest BCUT2D eigenvalue weighted by atomic mass is 9.97. The Morgan fingerprint density at radius 2 is 2.21 bits per heavy atom. The highest BCUT2D eigenvalue weighted by molar-refractivity contribution is 9.10. The highest BCUT2D eigenvalue weighted by Gasteiger charge is 2.35. The minimum absolute atomic E-state index is 0.135. The van der Waals surface area contributed by atoms with Gasteiger partial charge in [0.05, 0.1) is 12.0 Å². The van der Waals surface area contributed by atoms with Crippen LogP contribution in [0.25, 0.3) is 0 Å². The molecule has 2 atom stereocenters. The maximum absolute atomic E-state index is 12.5. The van der Waals surface area contributed by atoms with Crippen LogP contribution in [0.15, 0.2) is 22.7 Å². The molecule has 1 N–H and O–H groups in total. The number of nitrogens with zero attached hydrogens (tertiary/aromatic N) is 1. The van der Waals surface area contributed by atoms with Crippen molar-refractivity contribution in [3.8, 4) is 0 Å². The number of benzene rings is 1. The first-order chi connectivity index (χ1) is 9.16. The minimum atomic E-state index is -0.434. The second-order valence-electron chi connectivity index (χ2n) is 5.49. The lowest BCUT2D eigenvalue weighted by molar-refractivity contribution is -0.139. The van der Waals surface area contributed by atoms with Gasteiger partial charge in [0.1, 0.15) is 0 Å². The van der Waals surface area contributed by atoms with Gasteiger partial charge < -0.3 is 10.0 Å². The number of aliphatic hydroxyl groups excluding tert-OH is 1. The van der Waals surface area contributed by atoms with Gasteiger partial charge in [-0.15, -0.1) is 0 Å². The van der Waals surface area contributed by atoms with Gasteiger partial charge in [0.15, 0.2) is 0 Å². The standard InChI is InChI=1S/C15H18BrNO2/c16-13-5-1-3-10-9-17(8-7-11(10)13)15(19)12-4-2-6-14(12)18/h1,3,5,12,14,18H,2,4,6-9H2. The fourth-order valence-corrected chi connectivity index (χ4v) is 3.82. The molecular formula is C15H18BrNO2. The Labute approximate surface area is 121 Å². The Balaban J connectivity index is 1.77. The van der Waals surface area contributed by atoms with Crippen molar-refractivity contribution in [2.75, 3.05) is 6.54 Å². The lowest BCUT2D eigenvalue weighted by Crippen LogP contribution is -2.41. The van der Waals surface area contributed by atoms with Crippen molar-refractivity contribution in [1.29, 1.82) is 0 Å². The predicted molar refractivity (Wildman–Crippen MR) is 76.6 cm³/mol. The number of fused-ring (bicyclic) bond motifs is 1. The molecule has 3 nitrogen and oxygen atoms in total. The summed E-state index contributed by atoms with van der Waals surface area (Å²) in [5, 5.41) is 9.87. The number of hydrogen-bond donors (Lipinski definition) is 1. The Kier molecular flexibility index (Phi) is 3.63. The molecule has 1 aliphatic carbocycles. The monoisotopic (exact) mass is 323 g/mol. The van der Waals surface area contributed by atoms with Gasteiger partial charge in [-0.25, -0.2) is 0 Å². The zero-order valence-electron chi connectivity index (χ0n) is 10.8. The van der Waals surface area contributed by atoms with Crippen molar-refractivity contribution in [2.24, 2.45) is 5.92 Å². The molecule has 4 heteroatoms. The summed E-state index contributed by atoms with van der Waals surface area (Å²) in [6.45, 7) is 1.44. The van der Waals surface area contributed by atoms with Crippen molar-refractivity contribution >= 4 is 21.8 Å². The Bertz CT molecular complexity index is 503. The van der Waals surface area contributed by atoms with Gasteiger partial charge in [-0.2, -0.15) is 0 Å². The highest BCUT2D eigenvalue weighted by atomic mass is 79.9. The Morgan fingerprint density at radius 1 is 1.37 bits per heavy atom. The molecule has 0 spiro atoms. The number of hydrogen-bond acceptors (Lipinski definition) is 2. The van der Waals surface area contributed by atoms with E-state index < -0.39 is 6.10 Å². The summed E-state index contributed by atoms with van der Waals surface area (Å²) < 4.78 is 1.14. The van der Waals surface area contributed by atoms with Crippen LogP contribution in [0.5, 0.6) is 0 Å². The average Bonchev–Trinajstić information content (AvgIpc) is 2.84. The summed E-state index contributed by atoms with van der Waals surface area (Å²) in [4.78, 5) is 14.4. The van der Waals surface area contributed by atoms with Gasteiger partial charge in [-0.05, 0) is 42.9 Å². The van der Waals surface area contributed by atoms with E-state index in [0.717, 1.165) is 36.7 Å². The molecule has 1 saturated carbocycles. The van der Waals surface area contributed by atoms with Crippen molar-refractivity contribution < 1.29 is 9.90 Å². The minimum Gasteiger partial charge on any atom is -0.392 e. The fourth-order valence-electron chi connectivity index (χ4n) is 3.21. The van der Waals surface area contributed by atoms with E-state index in [4.69, 9.17) is 0 Å². The first-order valence-electron chi connectivity index (χ1n) is 6.90. The third-order valence-corrected chi connectivity index (χ3v) is 5.06. The summed E-state index contributed by atoms with van der Waals surface area (Å²) in [6, 6.07) is 6.16. The van der Waals surface area contributed by atoms with Gasteiger partial charge in [-0.3, -0.25) is 4.79 Å². The summed E-state index contributed by atoms with van der Waals surface area (Å²) in [5.74, 6) is -0.0377. The molecule has 2 unspecified atom stereocenters. The molecule has 1 aromatic rings. The molecular weight excluding hydrogens is 306 g/mol. The summed E-state index contributed by atoms with van der Waals surface area (Å²) >= 11 is 3.57. The zero-order chi connectivity index (χ0) is 13.4. The molecule has 0 aromatic heterocycles. The lowest BCUT2D eigenvalue weighted by Gasteiger charge is -2.32. The van der Waals surface area contributed by atoms with Crippen LogP contribution in [0.1, 0.15) is 30.4 Å². The van der Waals surface area contributed by atoms with Crippen LogP contribution in [0, 0.1) is 5.92 Å². The van der Waals surface area contributed by atoms with Crippen LogP contribution in [-0.4, -0.2) is 28.6 Å². The Morgan fingerprint density at radius 3 is 2.95 bits per heavy atom. The molecule has 0 bridgehead atoms. The third-order valence-electron chi connectivity index (χ3n) is 4.32. The van der Waals surface area contributed by atoms with Crippen LogP contribution in [0.2, 0.25) is 0 Å². The maximum Gasteiger partial charge on any atom is 0.228 e. The van der Waals surface area contributed by atoms with Crippen molar-refractivity contribution in [1.82, 2.24) is 4.90 Å². The zero-order valence-corrected chi connectivity index (χ0v) is 12.4. The van der Waals surface area contributed by atoms with E-state index >= 15 is 0 Å². The molecule has 1 fully saturated rings. The molecule has 1 aliphatic heterocycles. The molecule has 102 valence electrons. The van der Waals surface area contributed by atoms with Crippen LogP contribution >= 0.6 is 15.9 Å². The van der Waals surface area contributed by atoms with Crippen molar-refractivity contribution in [3.05, 3.63) is 33.8 Å². The summed E-state index contributed by atoms with van der Waals surface area (Å²) in [6.07, 6.45) is 3.03. The quantitative estimate of drug-likeness (QED) is 0.862. The van der Waals surface area contributed by atoms with Crippen molar-refractivity contribution in [2.45, 2.75) is 38.3 Å². The largest absolute Gasteiger partial charge is 0.392 e. The predicted octanol–water partition coefficient (Wildman–Crippen LogP) is 2.49. The van der Waals surface area contributed by atoms with E-state index in [1.54, 1.807) is 0 Å².